The highest BCUT2D eigenvalue weighted by Gasteiger charge is 2.13. The van der Waals surface area contributed by atoms with Crippen LogP contribution >= 0.6 is 39.1 Å². The molecule has 0 spiro atoms. The molecule has 0 N–H and O–H groups in total. The first kappa shape index (κ1) is 13.6. The summed E-state index contributed by atoms with van der Waals surface area (Å²) < 4.78 is 6.99. The molecule has 1 aromatic carbocycles. The zero-order chi connectivity index (χ0) is 13.3. The molecular formula is C11H9BrCl2N2O2. The molecule has 96 valence electrons. The molecule has 0 amide bonds. The van der Waals surface area contributed by atoms with Crippen molar-refractivity contribution in [3.05, 3.63) is 26.8 Å². The van der Waals surface area contributed by atoms with E-state index in [1.54, 1.807) is 19.2 Å². The van der Waals surface area contributed by atoms with Crippen molar-refractivity contribution in [3.8, 4) is 0 Å². The topological polar surface area (TPSA) is 44.1 Å². The molecular weight excluding hydrogens is 343 g/mol. The second-order valence-corrected chi connectivity index (χ2v) is 5.19. The maximum absolute atomic E-state index is 11.4. The van der Waals surface area contributed by atoms with E-state index in [1.165, 1.54) is 4.68 Å². The largest absolute Gasteiger partial charge is 0.465 e. The first-order valence-electron chi connectivity index (χ1n) is 5.19. The molecule has 0 aliphatic rings. The Morgan fingerprint density at radius 3 is 2.94 bits per heavy atom. The number of fused-ring (bicyclic) bond motifs is 1. The Hall–Kier alpha value is -0.780. The zero-order valence-corrected chi connectivity index (χ0v) is 12.5. The highest BCUT2D eigenvalue weighted by Crippen LogP contribution is 2.35. The van der Waals surface area contributed by atoms with Gasteiger partial charge in [0.25, 0.3) is 0 Å². The molecule has 0 atom stereocenters. The smallest absolute Gasteiger partial charge is 0.327 e. The molecule has 0 unspecified atom stereocenters. The van der Waals surface area contributed by atoms with Crippen molar-refractivity contribution in [2.24, 2.45) is 0 Å². The first-order valence-corrected chi connectivity index (χ1v) is 6.74. The third-order valence-electron chi connectivity index (χ3n) is 2.29. The minimum absolute atomic E-state index is 0.0345. The van der Waals surface area contributed by atoms with Crippen LogP contribution in [0, 0.1) is 0 Å². The summed E-state index contributed by atoms with van der Waals surface area (Å²) in [4.78, 5) is 11.4. The van der Waals surface area contributed by atoms with Crippen molar-refractivity contribution < 1.29 is 9.53 Å². The van der Waals surface area contributed by atoms with Crippen molar-refractivity contribution in [2.75, 3.05) is 6.61 Å². The van der Waals surface area contributed by atoms with Gasteiger partial charge in [-0.1, -0.05) is 23.2 Å². The van der Waals surface area contributed by atoms with E-state index in [2.05, 4.69) is 21.0 Å². The number of carbonyl (C=O) groups excluding carboxylic acids is 1. The molecule has 0 bridgehead atoms. The van der Waals surface area contributed by atoms with Crippen LogP contribution in [0.15, 0.2) is 16.7 Å². The van der Waals surface area contributed by atoms with Gasteiger partial charge in [-0.2, -0.15) is 5.10 Å². The highest BCUT2D eigenvalue weighted by atomic mass is 79.9. The van der Waals surface area contributed by atoms with Crippen LogP contribution in [0.5, 0.6) is 0 Å². The molecule has 0 saturated carbocycles. The number of aromatic nitrogens is 2. The van der Waals surface area contributed by atoms with Gasteiger partial charge in [-0.25, -0.2) is 0 Å². The van der Waals surface area contributed by atoms with Gasteiger partial charge >= 0.3 is 5.97 Å². The SMILES string of the molecule is CCOC(=O)Cn1cc2c(Cl)cc(Br)c(Cl)c2n1. The second kappa shape index (κ2) is 5.47. The van der Waals surface area contributed by atoms with Crippen molar-refractivity contribution in [1.82, 2.24) is 9.78 Å². The van der Waals surface area contributed by atoms with E-state index in [9.17, 15) is 4.79 Å². The van der Waals surface area contributed by atoms with Gasteiger partial charge < -0.3 is 4.74 Å². The molecule has 0 fully saturated rings. The maximum Gasteiger partial charge on any atom is 0.327 e. The third-order valence-corrected chi connectivity index (χ3v) is 3.84. The minimum Gasteiger partial charge on any atom is -0.465 e. The van der Waals surface area contributed by atoms with Crippen LogP contribution in [-0.4, -0.2) is 22.4 Å². The Balaban J connectivity index is 2.41. The fourth-order valence-electron chi connectivity index (χ4n) is 1.54. The number of benzene rings is 1. The zero-order valence-electron chi connectivity index (χ0n) is 9.41. The number of halogens is 3. The van der Waals surface area contributed by atoms with E-state index in [-0.39, 0.29) is 12.5 Å². The number of carbonyl (C=O) groups is 1. The van der Waals surface area contributed by atoms with E-state index < -0.39 is 0 Å². The Kier molecular flexibility index (Phi) is 4.14. The van der Waals surface area contributed by atoms with Crippen molar-refractivity contribution >= 4 is 56.0 Å². The monoisotopic (exact) mass is 350 g/mol. The Bertz CT molecular complexity index is 613. The average Bonchev–Trinajstić information content (AvgIpc) is 2.71. The molecule has 0 radical (unpaired) electrons. The molecule has 2 rings (SSSR count). The molecule has 0 aliphatic carbocycles. The number of esters is 1. The summed E-state index contributed by atoms with van der Waals surface area (Å²) in [6.07, 6.45) is 1.67. The van der Waals surface area contributed by atoms with Crippen LogP contribution in [-0.2, 0) is 16.1 Å². The summed E-state index contributed by atoms with van der Waals surface area (Å²) in [6.45, 7) is 2.13. The van der Waals surface area contributed by atoms with Gasteiger partial charge in [0.1, 0.15) is 12.1 Å². The molecule has 18 heavy (non-hydrogen) atoms. The van der Waals surface area contributed by atoms with Gasteiger partial charge in [-0.3, -0.25) is 9.48 Å². The summed E-state index contributed by atoms with van der Waals surface area (Å²) in [5.41, 5.74) is 0.556. The molecule has 0 aliphatic heterocycles. The molecule has 4 nitrogen and oxygen atoms in total. The number of hydrogen-bond acceptors (Lipinski definition) is 3. The highest BCUT2D eigenvalue weighted by molar-refractivity contribution is 9.10. The van der Waals surface area contributed by atoms with Crippen molar-refractivity contribution in [3.63, 3.8) is 0 Å². The fraction of sp³-hybridized carbons (Fsp3) is 0.273. The summed E-state index contributed by atoms with van der Waals surface area (Å²) in [6, 6.07) is 1.70. The van der Waals surface area contributed by atoms with Crippen LogP contribution in [0.25, 0.3) is 10.9 Å². The lowest BCUT2D eigenvalue weighted by atomic mass is 10.2. The summed E-state index contributed by atoms with van der Waals surface area (Å²) in [5.74, 6) is -0.350. The predicted octanol–water partition coefficient (Wildman–Crippen LogP) is 3.67. The van der Waals surface area contributed by atoms with Gasteiger partial charge in [-0.05, 0) is 28.9 Å². The predicted molar refractivity (Wildman–Crippen MR) is 74.1 cm³/mol. The van der Waals surface area contributed by atoms with E-state index in [0.29, 0.717) is 32.0 Å². The van der Waals surface area contributed by atoms with Gasteiger partial charge in [0.05, 0.1) is 16.7 Å². The summed E-state index contributed by atoms with van der Waals surface area (Å²) in [5, 5.41) is 5.92. The van der Waals surface area contributed by atoms with E-state index in [4.69, 9.17) is 27.9 Å². The van der Waals surface area contributed by atoms with Gasteiger partial charge in [-0.15, -0.1) is 0 Å². The maximum atomic E-state index is 11.4. The lowest BCUT2D eigenvalue weighted by molar-refractivity contribution is -0.144. The molecule has 0 saturated heterocycles. The van der Waals surface area contributed by atoms with Crippen LogP contribution in [0.3, 0.4) is 0 Å². The number of ether oxygens (including phenoxy) is 1. The normalized spacial score (nSPS) is 10.9. The Labute approximate surface area is 122 Å². The van der Waals surface area contributed by atoms with Crippen LogP contribution in [0.1, 0.15) is 6.92 Å². The van der Waals surface area contributed by atoms with Gasteiger partial charge in [0.2, 0.25) is 0 Å². The molecule has 1 heterocycles. The first-order chi connectivity index (χ1) is 8.52. The van der Waals surface area contributed by atoms with Crippen LogP contribution < -0.4 is 0 Å². The lowest BCUT2D eigenvalue weighted by Gasteiger charge is -2.00. The van der Waals surface area contributed by atoms with Gasteiger partial charge in [0.15, 0.2) is 0 Å². The quantitative estimate of drug-likeness (QED) is 0.626. The van der Waals surface area contributed by atoms with Crippen molar-refractivity contribution in [2.45, 2.75) is 13.5 Å². The summed E-state index contributed by atoms with van der Waals surface area (Å²) >= 11 is 15.5. The number of hydrogen-bond donors (Lipinski definition) is 0. The summed E-state index contributed by atoms with van der Waals surface area (Å²) in [7, 11) is 0. The van der Waals surface area contributed by atoms with E-state index in [0.717, 1.165) is 0 Å². The van der Waals surface area contributed by atoms with E-state index in [1.807, 2.05) is 0 Å². The molecule has 7 heteroatoms. The second-order valence-electron chi connectivity index (χ2n) is 3.55. The lowest BCUT2D eigenvalue weighted by Crippen LogP contribution is -2.13. The Morgan fingerprint density at radius 2 is 2.28 bits per heavy atom. The van der Waals surface area contributed by atoms with Crippen LogP contribution in [0.2, 0.25) is 10.0 Å². The number of nitrogens with zero attached hydrogens (tertiary/aromatic N) is 2. The van der Waals surface area contributed by atoms with Gasteiger partial charge in [0, 0.05) is 16.1 Å². The van der Waals surface area contributed by atoms with E-state index >= 15 is 0 Å². The molecule has 2 aromatic rings. The molecule has 1 aromatic heterocycles. The number of rotatable bonds is 3. The third kappa shape index (κ3) is 2.63. The van der Waals surface area contributed by atoms with Crippen molar-refractivity contribution in [1.29, 1.82) is 0 Å². The average molecular weight is 352 g/mol. The fourth-order valence-corrected chi connectivity index (χ4v) is 2.53. The standard InChI is InChI=1S/C11H9BrCl2N2O2/c1-2-18-9(17)5-16-4-6-8(13)3-7(12)10(14)11(6)15-16/h3-4H,2,5H2,1H3. The minimum atomic E-state index is -0.350. The van der Waals surface area contributed by atoms with Crippen LogP contribution in [0.4, 0.5) is 0 Å². The Morgan fingerprint density at radius 1 is 1.56 bits per heavy atom.